The lowest BCUT2D eigenvalue weighted by molar-refractivity contribution is 0.0951. The van der Waals surface area contributed by atoms with Crippen molar-refractivity contribution in [2.45, 2.75) is 20.4 Å². The highest BCUT2D eigenvalue weighted by atomic mass is 19.1. The van der Waals surface area contributed by atoms with Crippen LogP contribution in [0.25, 0.3) is 0 Å². The summed E-state index contributed by atoms with van der Waals surface area (Å²) in [5.74, 6) is -0.542. The number of nitrogens with one attached hydrogen (secondary N) is 2. The second-order valence-electron chi connectivity index (χ2n) is 4.68. The van der Waals surface area contributed by atoms with Gasteiger partial charge in [0.05, 0.1) is 17.5 Å². The number of aromatic nitrogens is 3. The zero-order chi connectivity index (χ0) is 15.4. The Bertz CT molecular complexity index is 653. The van der Waals surface area contributed by atoms with Crippen molar-refractivity contribution in [3.63, 3.8) is 0 Å². The van der Waals surface area contributed by atoms with Gasteiger partial charge in [0.25, 0.3) is 5.91 Å². The Morgan fingerprint density at radius 3 is 2.86 bits per heavy atom. The van der Waals surface area contributed by atoms with Gasteiger partial charge in [0.1, 0.15) is 11.6 Å². The Kier molecular flexibility index (Phi) is 4.52. The van der Waals surface area contributed by atoms with Crippen molar-refractivity contribution in [3.8, 4) is 0 Å². The molecular formula is C14H18FN5O. The molecule has 2 heterocycles. The second kappa shape index (κ2) is 6.34. The van der Waals surface area contributed by atoms with Crippen molar-refractivity contribution in [1.29, 1.82) is 0 Å². The van der Waals surface area contributed by atoms with Crippen molar-refractivity contribution in [3.05, 3.63) is 41.1 Å². The lowest BCUT2D eigenvalue weighted by atomic mass is 10.2. The predicted molar refractivity (Wildman–Crippen MR) is 77.5 cm³/mol. The molecule has 0 saturated carbocycles. The van der Waals surface area contributed by atoms with Crippen molar-refractivity contribution in [1.82, 2.24) is 20.1 Å². The van der Waals surface area contributed by atoms with Crippen LogP contribution in [0.2, 0.25) is 0 Å². The predicted octanol–water partition coefficient (Wildman–Crippen LogP) is 1.62. The summed E-state index contributed by atoms with van der Waals surface area (Å²) in [5, 5.41) is 9.90. The van der Waals surface area contributed by atoms with E-state index in [1.165, 1.54) is 6.07 Å². The topological polar surface area (TPSA) is 71.8 Å². The van der Waals surface area contributed by atoms with Crippen LogP contribution in [0.15, 0.2) is 18.5 Å². The van der Waals surface area contributed by atoms with E-state index in [-0.39, 0.29) is 11.5 Å². The summed E-state index contributed by atoms with van der Waals surface area (Å²) in [7, 11) is 1.82. The average Bonchev–Trinajstić information content (AvgIpc) is 2.76. The zero-order valence-corrected chi connectivity index (χ0v) is 12.3. The third kappa shape index (κ3) is 3.56. The molecule has 0 fully saturated rings. The highest BCUT2D eigenvalue weighted by molar-refractivity contribution is 5.98. The monoisotopic (exact) mass is 291 g/mol. The standard InChI is InChI=1S/C14H18FN5O/c1-4-16-13-12(5-11(15)7-17-13)14(21)18-6-10-8-20(3)19-9(10)2/h5,7-8H,4,6H2,1-3H3,(H,16,17)(H,18,21). The molecule has 0 spiro atoms. The van der Waals surface area contributed by atoms with Gasteiger partial charge in [0.15, 0.2) is 0 Å². The molecule has 2 aromatic rings. The molecular weight excluding hydrogens is 273 g/mol. The van der Waals surface area contributed by atoms with Crippen molar-refractivity contribution in [2.24, 2.45) is 7.05 Å². The van der Waals surface area contributed by atoms with Crippen LogP contribution >= 0.6 is 0 Å². The maximum absolute atomic E-state index is 13.3. The molecule has 0 aliphatic carbocycles. The molecule has 1 amide bonds. The number of aryl methyl sites for hydroxylation is 2. The van der Waals surface area contributed by atoms with Crippen LogP contribution < -0.4 is 10.6 Å². The third-order valence-corrected chi connectivity index (χ3v) is 3.00. The fourth-order valence-corrected chi connectivity index (χ4v) is 2.01. The van der Waals surface area contributed by atoms with Gasteiger partial charge >= 0.3 is 0 Å². The molecule has 0 atom stereocenters. The first-order valence-corrected chi connectivity index (χ1v) is 6.68. The average molecular weight is 291 g/mol. The normalized spacial score (nSPS) is 10.5. The first kappa shape index (κ1) is 15.0. The summed E-state index contributed by atoms with van der Waals surface area (Å²) in [5.41, 5.74) is 1.96. The number of rotatable bonds is 5. The van der Waals surface area contributed by atoms with Crippen LogP contribution in [-0.2, 0) is 13.6 Å². The maximum atomic E-state index is 13.3. The number of anilines is 1. The Morgan fingerprint density at radius 1 is 1.48 bits per heavy atom. The molecule has 2 rings (SSSR count). The van der Waals surface area contributed by atoms with Gasteiger partial charge in [-0.2, -0.15) is 5.10 Å². The smallest absolute Gasteiger partial charge is 0.255 e. The van der Waals surface area contributed by atoms with E-state index in [0.29, 0.717) is 18.9 Å². The van der Waals surface area contributed by atoms with Gasteiger partial charge in [-0.25, -0.2) is 9.37 Å². The first-order chi connectivity index (χ1) is 10.0. The molecule has 0 bridgehead atoms. The summed E-state index contributed by atoms with van der Waals surface area (Å²) in [4.78, 5) is 16.1. The molecule has 0 aliphatic rings. The minimum atomic E-state index is -0.542. The van der Waals surface area contributed by atoms with Gasteiger partial charge in [-0.3, -0.25) is 9.48 Å². The molecule has 0 saturated heterocycles. The SMILES string of the molecule is CCNc1ncc(F)cc1C(=O)NCc1cn(C)nc1C. The molecule has 2 N–H and O–H groups in total. The van der Waals surface area contributed by atoms with Crippen molar-refractivity contribution in [2.75, 3.05) is 11.9 Å². The molecule has 6 nitrogen and oxygen atoms in total. The fraction of sp³-hybridized carbons (Fsp3) is 0.357. The third-order valence-electron chi connectivity index (χ3n) is 3.00. The van der Waals surface area contributed by atoms with Gasteiger partial charge in [-0.1, -0.05) is 0 Å². The van der Waals surface area contributed by atoms with Crippen LogP contribution in [0.3, 0.4) is 0 Å². The minimum Gasteiger partial charge on any atom is -0.370 e. The molecule has 0 aromatic carbocycles. The Morgan fingerprint density at radius 2 is 2.24 bits per heavy atom. The fourth-order valence-electron chi connectivity index (χ4n) is 2.01. The van der Waals surface area contributed by atoms with Crippen LogP contribution in [0.4, 0.5) is 10.2 Å². The molecule has 112 valence electrons. The molecule has 2 aromatic heterocycles. The highest BCUT2D eigenvalue weighted by Gasteiger charge is 2.14. The summed E-state index contributed by atoms with van der Waals surface area (Å²) < 4.78 is 15.0. The molecule has 0 radical (unpaired) electrons. The number of carbonyl (C=O) groups is 1. The quantitative estimate of drug-likeness (QED) is 0.878. The van der Waals surface area contributed by atoms with E-state index in [9.17, 15) is 9.18 Å². The van der Waals surface area contributed by atoms with Gasteiger partial charge < -0.3 is 10.6 Å². The lowest BCUT2D eigenvalue weighted by Gasteiger charge is -2.10. The summed E-state index contributed by atoms with van der Waals surface area (Å²) in [6.07, 6.45) is 2.92. The number of carbonyl (C=O) groups excluding carboxylic acids is 1. The van der Waals surface area contributed by atoms with Crippen molar-refractivity contribution >= 4 is 11.7 Å². The van der Waals surface area contributed by atoms with Gasteiger partial charge in [0.2, 0.25) is 0 Å². The molecule has 0 aliphatic heterocycles. The van der Waals surface area contributed by atoms with Crippen molar-refractivity contribution < 1.29 is 9.18 Å². The van der Waals surface area contributed by atoms with E-state index < -0.39 is 5.82 Å². The van der Waals surface area contributed by atoms with E-state index in [0.717, 1.165) is 17.5 Å². The molecule has 21 heavy (non-hydrogen) atoms. The summed E-state index contributed by atoms with van der Waals surface area (Å²) in [6.45, 7) is 4.68. The summed E-state index contributed by atoms with van der Waals surface area (Å²) >= 11 is 0. The first-order valence-electron chi connectivity index (χ1n) is 6.68. The lowest BCUT2D eigenvalue weighted by Crippen LogP contribution is -2.24. The van der Waals surface area contributed by atoms with Crippen LogP contribution in [0.1, 0.15) is 28.5 Å². The Hall–Kier alpha value is -2.44. The van der Waals surface area contributed by atoms with Crippen LogP contribution in [0, 0.1) is 12.7 Å². The Balaban J connectivity index is 2.13. The number of nitrogens with zero attached hydrogens (tertiary/aromatic N) is 3. The van der Waals surface area contributed by atoms with E-state index in [2.05, 4.69) is 20.7 Å². The number of pyridine rings is 1. The van der Waals surface area contributed by atoms with Gasteiger partial charge in [-0.15, -0.1) is 0 Å². The van der Waals surface area contributed by atoms with E-state index in [1.807, 2.05) is 27.1 Å². The molecule has 7 heteroatoms. The highest BCUT2D eigenvalue weighted by Crippen LogP contribution is 2.14. The number of halogens is 1. The largest absolute Gasteiger partial charge is 0.370 e. The van der Waals surface area contributed by atoms with Crippen LogP contribution in [-0.4, -0.2) is 27.2 Å². The van der Waals surface area contributed by atoms with Crippen LogP contribution in [0.5, 0.6) is 0 Å². The van der Waals surface area contributed by atoms with E-state index in [1.54, 1.807) is 4.68 Å². The minimum absolute atomic E-state index is 0.193. The van der Waals surface area contributed by atoms with Gasteiger partial charge in [0, 0.05) is 31.9 Å². The van der Waals surface area contributed by atoms with Gasteiger partial charge in [-0.05, 0) is 19.9 Å². The molecule has 0 unspecified atom stereocenters. The zero-order valence-electron chi connectivity index (χ0n) is 12.3. The number of hydrogen-bond acceptors (Lipinski definition) is 4. The van der Waals surface area contributed by atoms with E-state index in [4.69, 9.17) is 0 Å². The maximum Gasteiger partial charge on any atom is 0.255 e. The number of hydrogen-bond donors (Lipinski definition) is 2. The summed E-state index contributed by atoms with van der Waals surface area (Å²) in [6, 6.07) is 1.18. The Labute approximate surface area is 122 Å². The van der Waals surface area contributed by atoms with E-state index >= 15 is 0 Å². The number of amides is 1. The second-order valence-corrected chi connectivity index (χ2v) is 4.68.